The summed E-state index contributed by atoms with van der Waals surface area (Å²) in [7, 11) is 0. The van der Waals surface area contributed by atoms with Crippen LogP contribution in [-0.4, -0.2) is 142 Å². The van der Waals surface area contributed by atoms with E-state index in [-0.39, 0.29) is 25.4 Å². The van der Waals surface area contributed by atoms with E-state index in [1.165, 1.54) is 0 Å². The van der Waals surface area contributed by atoms with E-state index < -0.39 is 12.1 Å². The average molecular weight is 661 g/mol. The lowest BCUT2D eigenvalue weighted by molar-refractivity contribution is -0.138. The number of carboxylic acid groups (broad SMARTS) is 1. The van der Waals surface area contributed by atoms with Gasteiger partial charge in [-0.25, -0.2) is 4.79 Å². The Morgan fingerprint density at radius 2 is 0.957 bits per heavy atom. The number of aliphatic carboxylic acids is 1. The van der Waals surface area contributed by atoms with Gasteiger partial charge in [0.1, 0.15) is 6.61 Å². The molecule has 1 aromatic rings. The van der Waals surface area contributed by atoms with E-state index in [4.69, 9.17) is 47.7 Å². The minimum absolute atomic E-state index is 0.0134. The molecular weight excluding hydrogens is 608 g/mol. The molecule has 0 bridgehead atoms. The largest absolute Gasteiger partial charge is 0.481 e. The molecule has 0 saturated heterocycles. The number of rotatable bonds is 33. The standard InChI is InChI=1S/C31H52N2O13/c34-29(7-8-30(35)36)32-9-4-11-38-13-15-40-17-19-42-21-23-44-25-26-45-24-22-43-20-18-41-16-14-39-12-10-33-31(37)46-27-28-5-2-1-3-6-28/h1-3,5-6H,4,7-27H2,(H,32,34)(H,33,37)(H,35,36). The number of carbonyl (C=O) groups is 3. The predicted molar refractivity (Wildman–Crippen MR) is 166 cm³/mol. The van der Waals surface area contributed by atoms with Gasteiger partial charge in [-0.1, -0.05) is 30.3 Å². The SMILES string of the molecule is O=C(O)CCC(=O)NCCCOCCOCCOCCOCCOCCOCCOCCOCCNC(=O)OCc1ccccc1. The molecule has 264 valence electrons. The minimum atomic E-state index is -0.986. The molecule has 15 heteroatoms. The van der Waals surface area contributed by atoms with Crippen molar-refractivity contribution in [1.29, 1.82) is 0 Å². The number of hydrogen-bond acceptors (Lipinski definition) is 12. The molecule has 1 rings (SSSR count). The Morgan fingerprint density at radius 3 is 1.41 bits per heavy atom. The van der Waals surface area contributed by atoms with Crippen molar-refractivity contribution in [2.75, 3.05) is 119 Å². The van der Waals surface area contributed by atoms with Crippen molar-refractivity contribution < 1.29 is 62.1 Å². The van der Waals surface area contributed by atoms with E-state index in [9.17, 15) is 14.4 Å². The molecule has 1 aromatic carbocycles. The third-order valence-corrected chi connectivity index (χ3v) is 5.69. The Balaban J connectivity index is 1.66. The van der Waals surface area contributed by atoms with Crippen LogP contribution in [0, 0.1) is 0 Å². The van der Waals surface area contributed by atoms with E-state index in [0.29, 0.717) is 125 Å². The molecule has 0 saturated carbocycles. The highest BCUT2D eigenvalue weighted by Crippen LogP contribution is 2.00. The molecule has 3 N–H and O–H groups in total. The van der Waals surface area contributed by atoms with E-state index in [0.717, 1.165) is 5.56 Å². The zero-order valence-corrected chi connectivity index (χ0v) is 26.8. The molecule has 0 atom stereocenters. The summed E-state index contributed by atoms with van der Waals surface area (Å²) in [6.07, 6.45) is -0.0100. The van der Waals surface area contributed by atoms with Crippen molar-refractivity contribution in [1.82, 2.24) is 10.6 Å². The first-order chi connectivity index (χ1) is 22.6. The molecule has 0 radical (unpaired) electrons. The summed E-state index contributed by atoms with van der Waals surface area (Å²) in [5.74, 6) is -1.26. The van der Waals surface area contributed by atoms with Gasteiger partial charge in [0.25, 0.3) is 0 Å². The molecule has 0 aromatic heterocycles. The highest BCUT2D eigenvalue weighted by Gasteiger charge is 2.04. The summed E-state index contributed by atoms with van der Waals surface area (Å²) in [6, 6.07) is 9.47. The lowest BCUT2D eigenvalue weighted by atomic mass is 10.2. The second kappa shape index (κ2) is 32.1. The van der Waals surface area contributed by atoms with Crippen LogP contribution in [0.4, 0.5) is 4.79 Å². The van der Waals surface area contributed by atoms with Crippen molar-refractivity contribution in [2.45, 2.75) is 25.9 Å². The second-order valence-corrected chi connectivity index (χ2v) is 9.48. The molecule has 15 nitrogen and oxygen atoms in total. The van der Waals surface area contributed by atoms with Crippen molar-refractivity contribution in [2.24, 2.45) is 0 Å². The number of ether oxygens (including phenoxy) is 9. The average Bonchev–Trinajstić information content (AvgIpc) is 3.06. The Bertz CT molecular complexity index is 864. The van der Waals surface area contributed by atoms with Gasteiger partial charge in [0.2, 0.25) is 5.91 Å². The highest BCUT2D eigenvalue weighted by molar-refractivity contribution is 5.80. The summed E-state index contributed by atoms with van der Waals surface area (Å²) in [4.78, 5) is 33.4. The van der Waals surface area contributed by atoms with Crippen molar-refractivity contribution in [3.05, 3.63) is 35.9 Å². The van der Waals surface area contributed by atoms with Gasteiger partial charge in [0, 0.05) is 26.1 Å². The van der Waals surface area contributed by atoms with Crippen LogP contribution in [0.1, 0.15) is 24.8 Å². The number of amides is 2. The van der Waals surface area contributed by atoms with E-state index in [1.54, 1.807) is 0 Å². The van der Waals surface area contributed by atoms with Gasteiger partial charge >= 0.3 is 12.1 Å². The van der Waals surface area contributed by atoms with Crippen LogP contribution in [0.3, 0.4) is 0 Å². The Kier molecular flexibility index (Phi) is 28.7. The van der Waals surface area contributed by atoms with Crippen LogP contribution in [0.2, 0.25) is 0 Å². The maximum absolute atomic E-state index is 11.6. The van der Waals surface area contributed by atoms with Crippen LogP contribution in [-0.2, 0) is 58.8 Å². The minimum Gasteiger partial charge on any atom is -0.481 e. The van der Waals surface area contributed by atoms with E-state index in [1.807, 2.05) is 30.3 Å². The Hall–Kier alpha value is -2.89. The predicted octanol–water partition coefficient (Wildman–Crippen LogP) is 1.42. The van der Waals surface area contributed by atoms with Crippen LogP contribution in [0.5, 0.6) is 0 Å². The lowest BCUT2D eigenvalue weighted by Crippen LogP contribution is -2.28. The third-order valence-electron chi connectivity index (χ3n) is 5.69. The molecule has 0 unspecified atom stereocenters. The first-order valence-electron chi connectivity index (χ1n) is 15.6. The van der Waals surface area contributed by atoms with Gasteiger partial charge in [0.05, 0.1) is 106 Å². The Morgan fingerprint density at radius 1 is 0.522 bits per heavy atom. The summed E-state index contributed by atoms with van der Waals surface area (Å²) in [6.45, 7) is 8.29. The monoisotopic (exact) mass is 660 g/mol. The molecule has 0 spiro atoms. The number of alkyl carbamates (subject to hydrolysis) is 1. The molecule has 2 amide bonds. The molecule has 0 aliphatic rings. The van der Waals surface area contributed by atoms with Crippen LogP contribution in [0.25, 0.3) is 0 Å². The van der Waals surface area contributed by atoms with Gasteiger partial charge in [-0.15, -0.1) is 0 Å². The molecule has 46 heavy (non-hydrogen) atoms. The van der Waals surface area contributed by atoms with Crippen molar-refractivity contribution in [3.63, 3.8) is 0 Å². The van der Waals surface area contributed by atoms with Gasteiger partial charge in [-0.2, -0.15) is 0 Å². The highest BCUT2D eigenvalue weighted by atomic mass is 16.6. The first kappa shape index (κ1) is 41.1. The number of carboxylic acids is 1. The van der Waals surface area contributed by atoms with Crippen molar-refractivity contribution in [3.8, 4) is 0 Å². The molecule has 0 heterocycles. The fourth-order valence-corrected chi connectivity index (χ4v) is 3.35. The maximum Gasteiger partial charge on any atom is 0.407 e. The summed E-state index contributed by atoms with van der Waals surface area (Å²) < 4.78 is 48.6. The molecule has 0 fully saturated rings. The van der Waals surface area contributed by atoms with Gasteiger partial charge in [-0.05, 0) is 12.0 Å². The zero-order valence-electron chi connectivity index (χ0n) is 26.8. The number of carbonyl (C=O) groups excluding carboxylic acids is 2. The fourth-order valence-electron chi connectivity index (χ4n) is 3.35. The lowest BCUT2D eigenvalue weighted by Gasteiger charge is -2.09. The Labute approximate surface area is 271 Å². The third kappa shape index (κ3) is 29.8. The zero-order chi connectivity index (χ0) is 33.2. The van der Waals surface area contributed by atoms with Crippen LogP contribution < -0.4 is 10.6 Å². The smallest absolute Gasteiger partial charge is 0.407 e. The van der Waals surface area contributed by atoms with Crippen LogP contribution in [0.15, 0.2) is 30.3 Å². The van der Waals surface area contributed by atoms with E-state index in [2.05, 4.69) is 10.6 Å². The number of nitrogens with one attached hydrogen (secondary N) is 2. The normalized spacial score (nSPS) is 11.0. The van der Waals surface area contributed by atoms with Gasteiger partial charge < -0.3 is 58.4 Å². The maximum atomic E-state index is 11.6. The molecule has 0 aliphatic carbocycles. The quantitative estimate of drug-likeness (QED) is 0.0923. The first-order valence-corrected chi connectivity index (χ1v) is 15.6. The molecule has 0 aliphatic heterocycles. The summed E-state index contributed by atoms with van der Waals surface area (Å²) >= 11 is 0. The summed E-state index contributed by atoms with van der Waals surface area (Å²) in [5.41, 5.74) is 0.931. The van der Waals surface area contributed by atoms with Gasteiger partial charge in [0.15, 0.2) is 0 Å². The number of benzene rings is 1. The molecular formula is C31H52N2O13. The van der Waals surface area contributed by atoms with Crippen molar-refractivity contribution >= 4 is 18.0 Å². The topological polar surface area (TPSA) is 179 Å². The fraction of sp³-hybridized carbons (Fsp3) is 0.710. The second-order valence-electron chi connectivity index (χ2n) is 9.48. The van der Waals surface area contributed by atoms with Crippen LogP contribution >= 0.6 is 0 Å². The summed E-state index contributed by atoms with van der Waals surface area (Å²) in [5, 5.41) is 13.8. The number of hydrogen-bond donors (Lipinski definition) is 3. The van der Waals surface area contributed by atoms with Gasteiger partial charge in [-0.3, -0.25) is 9.59 Å². The van der Waals surface area contributed by atoms with E-state index >= 15 is 0 Å².